The van der Waals surface area contributed by atoms with E-state index in [0.29, 0.717) is 12.1 Å². The van der Waals surface area contributed by atoms with Crippen LogP contribution in [0.4, 0.5) is 5.69 Å². The number of carbonyl (C=O) groups is 2. The summed E-state index contributed by atoms with van der Waals surface area (Å²) in [5.74, 6) is -0.708. The van der Waals surface area contributed by atoms with Crippen molar-refractivity contribution in [2.24, 2.45) is 0 Å². The summed E-state index contributed by atoms with van der Waals surface area (Å²) < 4.78 is 0. The predicted molar refractivity (Wildman–Crippen MR) is 81.4 cm³/mol. The number of hydrogen-bond acceptors (Lipinski definition) is 2. The predicted octanol–water partition coefficient (Wildman–Crippen LogP) is 3.80. The monoisotopic (exact) mass is 273 g/mol. The van der Waals surface area contributed by atoms with Crippen molar-refractivity contribution in [3.05, 3.63) is 28.8 Å². The molecular weight excluding hydrogens is 250 g/mol. The Hall–Kier alpha value is -1.64. The third-order valence-corrected chi connectivity index (χ3v) is 4.14. The van der Waals surface area contributed by atoms with Gasteiger partial charge in [0.05, 0.1) is 11.3 Å². The molecule has 0 atom stereocenters. The van der Waals surface area contributed by atoms with Crippen LogP contribution in [0.15, 0.2) is 12.1 Å². The molecule has 0 radical (unpaired) electrons. The van der Waals surface area contributed by atoms with E-state index in [1.165, 1.54) is 19.3 Å². The second kappa shape index (κ2) is 6.21. The lowest BCUT2D eigenvalue weighted by molar-refractivity contribution is -0.114. The van der Waals surface area contributed by atoms with E-state index in [2.05, 4.69) is 6.92 Å². The maximum atomic E-state index is 12.1. The lowest BCUT2D eigenvalue weighted by Gasteiger charge is -2.19. The number of ketones is 1. The van der Waals surface area contributed by atoms with Gasteiger partial charge in [0.25, 0.3) is 11.7 Å². The first-order valence-corrected chi connectivity index (χ1v) is 7.54. The summed E-state index contributed by atoms with van der Waals surface area (Å²) >= 11 is 0. The van der Waals surface area contributed by atoms with Crippen LogP contribution in [0.5, 0.6) is 0 Å². The van der Waals surface area contributed by atoms with Crippen LogP contribution in [0.25, 0.3) is 0 Å². The molecule has 0 unspecified atom stereocenters. The van der Waals surface area contributed by atoms with E-state index in [0.717, 1.165) is 29.7 Å². The van der Waals surface area contributed by atoms with Crippen molar-refractivity contribution in [2.75, 3.05) is 11.4 Å². The zero-order valence-electron chi connectivity index (χ0n) is 12.7. The molecule has 0 aliphatic carbocycles. The highest BCUT2D eigenvalue weighted by atomic mass is 16.2. The molecule has 1 heterocycles. The minimum absolute atomic E-state index is 0.350. The quantitative estimate of drug-likeness (QED) is 0.584. The van der Waals surface area contributed by atoms with Crippen molar-refractivity contribution in [3.8, 4) is 0 Å². The fourth-order valence-electron chi connectivity index (χ4n) is 2.76. The van der Waals surface area contributed by atoms with Gasteiger partial charge in [0, 0.05) is 6.54 Å². The van der Waals surface area contributed by atoms with Crippen LogP contribution in [0, 0.1) is 13.8 Å². The molecule has 20 heavy (non-hydrogen) atoms. The normalized spacial score (nSPS) is 14.1. The Bertz CT molecular complexity index is 534. The second-order valence-corrected chi connectivity index (χ2v) is 5.60. The maximum absolute atomic E-state index is 12.1. The molecule has 2 rings (SSSR count). The Morgan fingerprint density at radius 1 is 1.00 bits per heavy atom. The smallest absolute Gasteiger partial charge is 0.299 e. The lowest BCUT2D eigenvalue weighted by Crippen LogP contribution is -2.31. The van der Waals surface area contributed by atoms with E-state index in [1.807, 2.05) is 19.9 Å². The lowest BCUT2D eigenvalue weighted by atomic mass is 10.0. The van der Waals surface area contributed by atoms with Gasteiger partial charge < -0.3 is 4.90 Å². The molecule has 1 amide bonds. The van der Waals surface area contributed by atoms with E-state index in [1.54, 1.807) is 11.0 Å². The molecular formula is C17H23NO2. The third-order valence-electron chi connectivity index (χ3n) is 4.14. The summed E-state index contributed by atoms with van der Waals surface area (Å²) in [6, 6.07) is 3.71. The minimum atomic E-state index is -0.357. The number of carbonyl (C=O) groups excluding carboxylic acids is 2. The summed E-state index contributed by atoms with van der Waals surface area (Å²) in [5.41, 5.74) is 3.60. The van der Waals surface area contributed by atoms with Crippen LogP contribution in [-0.4, -0.2) is 18.2 Å². The number of anilines is 1. The molecule has 0 N–H and O–H groups in total. The maximum Gasteiger partial charge on any atom is 0.299 e. The topological polar surface area (TPSA) is 37.4 Å². The molecule has 0 aromatic heterocycles. The molecule has 0 fully saturated rings. The largest absolute Gasteiger partial charge is 0.304 e. The van der Waals surface area contributed by atoms with Crippen LogP contribution in [0.3, 0.4) is 0 Å². The summed E-state index contributed by atoms with van der Waals surface area (Å²) in [5, 5.41) is 0. The number of benzene rings is 1. The van der Waals surface area contributed by atoms with E-state index in [-0.39, 0.29) is 11.7 Å². The summed E-state index contributed by atoms with van der Waals surface area (Å²) in [4.78, 5) is 25.8. The zero-order valence-corrected chi connectivity index (χ0v) is 12.7. The fraction of sp³-hybridized carbons (Fsp3) is 0.529. The van der Waals surface area contributed by atoms with Crippen molar-refractivity contribution in [1.29, 1.82) is 0 Å². The van der Waals surface area contributed by atoms with Crippen LogP contribution in [0.2, 0.25) is 0 Å². The van der Waals surface area contributed by atoms with Gasteiger partial charge in [0.2, 0.25) is 0 Å². The Labute approximate surface area is 121 Å². The minimum Gasteiger partial charge on any atom is -0.304 e. The molecule has 1 aromatic carbocycles. The molecule has 1 aliphatic rings. The first kappa shape index (κ1) is 14.8. The summed E-state index contributed by atoms with van der Waals surface area (Å²) in [6.07, 6.45) is 5.73. The summed E-state index contributed by atoms with van der Waals surface area (Å²) in [7, 11) is 0. The number of aryl methyl sites for hydroxylation is 1. The van der Waals surface area contributed by atoms with Gasteiger partial charge in [0.1, 0.15) is 0 Å². The molecule has 3 heteroatoms. The van der Waals surface area contributed by atoms with Gasteiger partial charge in [-0.2, -0.15) is 0 Å². The molecule has 0 spiro atoms. The van der Waals surface area contributed by atoms with Gasteiger partial charge in [0.15, 0.2) is 0 Å². The average Bonchev–Trinajstić information content (AvgIpc) is 2.68. The van der Waals surface area contributed by atoms with Crippen LogP contribution < -0.4 is 4.90 Å². The van der Waals surface area contributed by atoms with E-state index in [9.17, 15) is 9.59 Å². The highest BCUT2D eigenvalue weighted by Gasteiger charge is 2.36. The van der Waals surface area contributed by atoms with Gasteiger partial charge in [-0.1, -0.05) is 38.7 Å². The number of fused-ring (bicyclic) bond motifs is 1. The number of rotatable bonds is 6. The van der Waals surface area contributed by atoms with Crippen LogP contribution >= 0.6 is 0 Å². The molecule has 108 valence electrons. The third kappa shape index (κ3) is 2.62. The van der Waals surface area contributed by atoms with Crippen molar-refractivity contribution in [1.82, 2.24) is 0 Å². The Balaban J connectivity index is 2.13. The Kier molecular flexibility index (Phi) is 4.58. The van der Waals surface area contributed by atoms with Gasteiger partial charge >= 0.3 is 0 Å². The molecule has 0 saturated carbocycles. The zero-order chi connectivity index (χ0) is 14.7. The van der Waals surface area contributed by atoms with Crippen molar-refractivity contribution in [3.63, 3.8) is 0 Å². The van der Waals surface area contributed by atoms with Crippen molar-refractivity contribution >= 4 is 17.4 Å². The molecule has 1 aromatic rings. The van der Waals surface area contributed by atoms with E-state index in [4.69, 9.17) is 0 Å². The number of unbranched alkanes of at least 4 members (excludes halogenated alkanes) is 4. The second-order valence-electron chi connectivity index (χ2n) is 5.60. The van der Waals surface area contributed by atoms with Gasteiger partial charge in [-0.15, -0.1) is 0 Å². The molecule has 0 saturated heterocycles. The van der Waals surface area contributed by atoms with E-state index < -0.39 is 0 Å². The number of amides is 1. The average molecular weight is 273 g/mol. The highest BCUT2D eigenvalue weighted by molar-refractivity contribution is 6.52. The number of Topliss-reactive ketones (excluding diaryl/α,β-unsaturated/α-hetero) is 1. The van der Waals surface area contributed by atoms with E-state index >= 15 is 0 Å². The highest BCUT2D eigenvalue weighted by Crippen LogP contribution is 2.34. The summed E-state index contributed by atoms with van der Waals surface area (Å²) in [6.45, 7) is 6.85. The molecule has 0 bridgehead atoms. The van der Waals surface area contributed by atoms with Gasteiger partial charge in [-0.25, -0.2) is 0 Å². The van der Waals surface area contributed by atoms with Gasteiger partial charge in [-0.05, 0) is 37.5 Å². The fourth-order valence-corrected chi connectivity index (χ4v) is 2.76. The first-order valence-electron chi connectivity index (χ1n) is 7.54. The molecule has 3 nitrogen and oxygen atoms in total. The SMILES string of the molecule is CCCCCCCN1C(=O)C(=O)c2ccc(C)c(C)c21. The Morgan fingerprint density at radius 3 is 2.40 bits per heavy atom. The standard InChI is InChI=1S/C17H23NO2/c1-4-5-6-7-8-11-18-15-13(3)12(2)9-10-14(15)16(19)17(18)20/h9-10H,4-8,11H2,1-3H3. The molecule has 1 aliphatic heterocycles. The van der Waals surface area contributed by atoms with Crippen LogP contribution in [-0.2, 0) is 4.79 Å². The Morgan fingerprint density at radius 2 is 1.70 bits per heavy atom. The van der Waals surface area contributed by atoms with Gasteiger partial charge in [-0.3, -0.25) is 9.59 Å². The first-order chi connectivity index (χ1) is 9.57. The van der Waals surface area contributed by atoms with Crippen LogP contribution in [0.1, 0.15) is 60.5 Å². The number of hydrogen-bond donors (Lipinski definition) is 0. The van der Waals surface area contributed by atoms with Crippen molar-refractivity contribution in [2.45, 2.75) is 52.9 Å². The van der Waals surface area contributed by atoms with Crippen molar-refractivity contribution < 1.29 is 9.59 Å². The number of nitrogens with zero attached hydrogens (tertiary/aromatic N) is 1.